The van der Waals surface area contributed by atoms with Crippen LogP contribution >= 0.6 is 11.8 Å². The van der Waals surface area contributed by atoms with Gasteiger partial charge in [0.05, 0.1) is 6.04 Å². The topological polar surface area (TPSA) is 41.1 Å². The molecule has 0 heterocycles. The molecule has 1 rings (SSSR count). The fraction of sp³-hybridized carbons (Fsp3) is 0.909. The van der Waals surface area contributed by atoms with Crippen LogP contribution < -0.4 is 10.6 Å². The van der Waals surface area contributed by atoms with E-state index in [-0.39, 0.29) is 11.9 Å². The number of carbonyl (C=O) groups is 1. The van der Waals surface area contributed by atoms with Gasteiger partial charge in [0.15, 0.2) is 0 Å². The van der Waals surface area contributed by atoms with Gasteiger partial charge in [-0.2, -0.15) is 11.8 Å². The molecule has 1 amide bonds. The monoisotopic (exact) mass is 230 g/mol. The highest BCUT2D eigenvalue weighted by Gasteiger charge is 2.26. The van der Waals surface area contributed by atoms with E-state index in [1.165, 1.54) is 25.7 Å². The van der Waals surface area contributed by atoms with Gasteiger partial charge in [0.2, 0.25) is 5.91 Å². The van der Waals surface area contributed by atoms with Crippen LogP contribution in [-0.2, 0) is 4.79 Å². The van der Waals surface area contributed by atoms with Crippen molar-refractivity contribution in [2.75, 3.05) is 13.3 Å². The molecule has 1 aliphatic carbocycles. The molecule has 2 N–H and O–H groups in total. The molecule has 0 aromatic rings. The summed E-state index contributed by atoms with van der Waals surface area (Å²) in [5.74, 6) is 0.0837. The summed E-state index contributed by atoms with van der Waals surface area (Å²) in [6, 6.07) is 0.425. The standard InChI is InChI=1S/C11H22N2OS/c1-8(11(14)12-2)13-9-6-4-5-7-10(9)15-3/h8-10,13H,4-7H2,1-3H3,(H,12,14). The smallest absolute Gasteiger partial charge is 0.236 e. The summed E-state index contributed by atoms with van der Waals surface area (Å²) in [4.78, 5) is 11.4. The molecule has 0 saturated heterocycles. The van der Waals surface area contributed by atoms with Crippen LogP contribution in [0, 0.1) is 0 Å². The van der Waals surface area contributed by atoms with Crippen molar-refractivity contribution in [3.63, 3.8) is 0 Å². The largest absolute Gasteiger partial charge is 0.358 e. The van der Waals surface area contributed by atoms with E-state index in [0.717, 1.165) is 0 Å². The second-order valence-corrected chi connectivity index (χ2v) is 5.24. The van der Waals surface area contributed by atoms with Crippen molar-refractivity contribution in [2.24, 2.45) is 0 Å². The van der Waals surface area contributed by atoms with Gasteiger partial charge in [-0.15, -0.1) is 0 Å². The quantitative estimate of drug-likeness (QED) is 0.767. The van der Waals surface area contributed by atoms with Crippen LogP contribution in [0.25, 0.3) is 0 Å². The van der Waals surface area contributed by atoms with Gasteiger partial charge in [0.1, 0.15) is 0 Å². The molecule has 3 atom stereocenters. The molecular formula is C11H22N2OS. The van der Waals surface area contributed by atoms with E-state index in [4.69, 9.17) is 0 Å². The minimum absolute atomic E-state index is 0.0762. The van der Waals surface area contributed by atoms with Crippen LogP contribution in [0.2, 0.25) is 0 Å². The third-order valence-electron chi connectivity index (χ3n) is 3.11. The second kappa shape index (κ2) is 6.38. The third kappa shape index (κ3) is 3.68. The molecule has 0 aliphatic heterocycles. The molecule has 4 heteroatoms. The summed E-state index contributed by atoms with van der Waals surface area (Å²) in [5.41, 5.74) is 0. The van der Waals surface area contributed by atoms with E-state index in [1.807, 2.05) is 18.7 Å². The van der Waals surface area contributed by atoms with Gasteiger partial charge < -0.3 is 10.6 Å². The molecule has 0 spiro atoms. The molecular weight excluding hydrogens is 208 g/mol. The van der Waals surface area contributed by atoms with Gasteiger partial charge in [-0.25, -0.2) is 0 Å². The Bertz CT molecular complexity index is 211. The van der Waals surface area contributed by atoms with Crippen molar-refractivity contribution in [1.29, 1.82) is 0 Å². The maximum absolute atomic E-state index is 11.4. The third-order valence-corrected chi connectivity index (χ3v) is 4.28. The van der Waals surface area contributed by atoms with E-state index in [9.17, 15) is 4.79 Å². The summed E-state index contributed by atoms with van der Waals surface area (Å²) >= 11 is 1.92. The first kappa shape index (κ1) is 12.8. The minimum Gasteiger partial charge on any atom is -0.358 e. The lowest BCUT2D eigenvalue weighted by Gasteiger charge is -2.32. The van der Waals surface area contributed by atoms with Gasteiger partial charge in [-0.3, -0.25) is 4.79 Å². The van der Waals surface area contributed by atoms with Crippen molar-refractivity contribution in [3.8, 4) is 0 Å². The highest BCUT2D eigenvalue weighted by atomic mass is 32.2. The Hall–Kier alpha value is -0.220. The Labute approximate surface area is 96.8 Å². The second-order valence-electron chi connectivity index (χ2n) is 4.17. The van der Waals surface area contributed by atoms with Crippen molar-refractivity contribution < 1.29 is 4.79 Å². The molecule has 1 aliphatic rings. The Kier molecular flexibility index (Phi) is 5.47. The summed E-state index contributed by atoms with van der Waals surface area (Å²) in [7, 11) is 1.69. The number of thioether (sulfide) groups is 1. The zero-order chi connectivity index (χ0) is 11.3. The van der Waals surface area contributed by atoms with Crippen LogP contribution in [0.15, 0.2) is 0 Å². The first-order valence-corrected chi connectivity index (χ1v) is 6.98. The Morgan fingerprint density at radius 3 is 2.67 bits per heavy atom. The number of likely N-dealkylation sites (N-methyl/N-ethyl adjacent to an activating group) is 1. The van der Waals surface area contributed by atoms with Gasteiger partial charge in [-0.05, 0) is 26.0 Å². The molecule has 3 nitrogen and oxygen atoms in total. The lowest BCUT2D eigenvalue weighted by molar-refractivity contribution is -0.122. The van der Waals surface area contributed by atoms with Crippen LogP contribution in [0.1, 0.15) is 32.6 Å². The lowest BCUT2D eigenvalue weighted by atomic mass is 9.94. The Morgan fingerprint density at radius 2 is 2.07 bits per heavy atom. The number of carbonyl (C=O) groups excluding carboxylic acids is 1. The van der Waals surface area contributed by atoms with Crippen molar-refractivity contribution in [3.05, 3.63) is 0 Å². The summed E-state index contributed by atoms with van der Waals surface area (Å²) < 4.78 is 0. The Balaban J connectivity index is 2.43. The van der Waals surface area contributed by atoms with Gasteiger partial charge >= 0.3 is 0 Å². The molecule has 15 heavy (non-hydrogen) atoms. The van der Waals surface area contributed by atoms with Crippen molar-refractivity contribution in [1.82, 2.24) is 10.6 Å². The van der Waals surface area contributed by atoms with E-state index in [2.05, 4.69) is 16.9 Å². The van der Waals surface area contributed by atoms with E-state index < -0.39 is 0 Å². The molecule has 0 bridgehead atoms. The van der Waals surface area contributed by atoms with Crippen LogP contribution in [0.5, 0.6) is 0 Å². The van der Waals surface area contributed by atoms with Gasteiger partial charge in [0, 0.05) is 18.3 Å². The predicted molar refractivity (Wildman–Crippen MR) is 66.2 cm³/mol. The van der Waals surface area contributed by atoms with Crippen LogP contribution in [0.4, 0.5) is 0 Å². The number of hydrogen-bond acceptors (Lipinski definition) is 3. The molecule has 1 fully saturated rings. The van der Waals surface area contributed by atoms with E-state index in [0.29, 0.717) is 11.3 Å². The van der Waals surface area contributed by atoms with Crippen molar-refractivity contribution in [2.45, 2.75) is 49.9 Å². The summed E-state index contributed by atoms with van der Waals surface area (Å²) in [5, 5.41) is 6.79. The maximum Gasteiger partial charge on any atom is 0.236 e. The number of rotatable bonds is 4. The maximum atomic E-state index is 11.4. The van der Waals surface area contributed by atoms with Gasteiger partial charge in [0.25, 0.3) is 0 Å². The Morgan fingerprint density at radius 1 is 1.40 bits per heavy atom. The van der Waals surface area contributed by atoms with E-state index >= 15 is 0 Å². The first-order chi connectivity index (χ1) is 7.19. The number of amides is 1. The number of hydrogen-bond donors (Lipinski definition) is 2. The van der Waals surface area contributed by atoms with Crippen LogP contribution in [-0.4, -0.2) is 36.5 Å². The molecule has 0 aromatic carbocycles. The molecule has 0 radical (unpaired) electrons. The first-order valence-electron chi connectivity index (χ1n) is 5.69. The van der Waals surface area contributed by atoms with E-state index in [1.54, 1.807) is 7.05 Å². The normalized spacial score (nSPS) is 28.5. The SMILES string of the molecule is CNC(=O)C(C)NC1CCCCC1SC. The molecule has 1 saturated carbocycles. The fourth-order valence-corrected chi connectivity index (χ4v) is 3.13. The fourth-order valence-electron chi connectivity index (χ4n) is 2.18. The summed E-state index contributed by atoms with van der Waals surface area (Å²) in [6.45, 7) is 1.94. The average molecular weight is 230 g/mol. The zero-order valence-electron chi connectivity index (χ0n) is 9.88. The van der Waals surface area contributed by atoms with Crippen molar-refractivity contribution >= 4 is 17.7 Å². The zero-order valence-corrected chi connectivity index (χ0v) is 10.7. The molecule has 3 unspecified atom stereocenters. The molecule has 0 aromatic heterocycles. The lowest BCUT2D eigenvalue weighted by Crippen LogP contribution is -2.50. The number of nitrogens with one attached hydrogen (secondary N) is 2. The predicted octanol–water partition coefficient (Wildman–Crippen LogP) is 1.38. The summed E-state index contributed by atoms with van der Waals surface area (Å²) in [6.07, 6.45) is 7.26. The molecule has 88 valence electrons. The minimum atomic E-state index is -0.0762. The highest BCUT2D eigenvalue weighted by molar-refractivity contribution is 7.99. The average Bonchev–Trinajstić information content (AvgIpc) is 2.28. The van der Waals surface area contributed by atoms with Gasteiger partial charge in [-0.1, -0.05) is 12.8 Å². The highest BCUT2D eigenvalue weighted by Crippen LogP contribution is 2.27. The van der Waals surface area contributed by atoms with Crippen LogP contribution in [0.3, 0.4) is 0 Å².